The number of allylic oxidation sites excluding steroid dienone is 1. The topological polar surface area (TPSA) is 64.7 Å². The maximum absolute atomic E-state index is 13.3. The van der Waals surface area contributed by atoms with Crippen LogP contribution in [0.2, 0.25) is 0 Å². The van der Waals surface area contributed by atoms with E-state index in [9.17, 15) is 9.59 Å². The summed E-state index contributed by atoms with van der Waals surface area (Å²) in [6.45, 7) is 7.56. The zero-order valence-corrected chi connectivity index (χ0v) is 17.7. The number of amides is 1. The fourth-order valence-electron chi connectivity index (χ4n) is 3.34. The molecule has 1 N–H and O–H groups in total. The summed E-state index contributed by atoms with van der Waals surface area (Å²) in [5.74, 6) is 0.477. The van der Waals surface area contributed by atoms with Crippen LogP contribution in [-0.4, -0.2) is 28.0 Å². The van der Waals surface area contributed by atoms with Crippen LogP contribution >= 0.6 is 0 Å². The van der Waals surface area contributed by atoms with Crippen LogP contribution in [-0.2, 0) is 11.3 Å². The van der Waals surface area contributed by atoms with E-state index in [2.05, 4.69) is 12.2 Å². The summed E-state index contributed by atoms with van der Waals surface area (Å²) in [6, 6.07) is 9.30. The number of fused-ring (bicyclic) bond motifs is 1. The number of nitrogens with one attached hydrogen (secondary N) is 1. The zero-order valence-electron chi connectivity index (χ0n) is 17.7. The molecule has 3 aromatic rings. The van der Waals surface area contributed by atoms with E-state index in [0.717, 1.165) is 24.0 Å². The van der Waals surface area contributed by atoms with E-state index in [-0.39, 0.29) is 24.1 Å². The maximum Gasteiger partial charge on any atom is 0.275 e. The van der Waals surface area contributed by atoms with Gasteiger partial charge in [-0.05, 0) is 50.5 Å². The van der Waals surface area contributed by atoms with E-state index in [1.54, 1.807) is 7.11 Å². The molecule has 0 spiro atoms. The number of benzene rings is 1. The molecule has 0 aliphatic carbocycles. The van der Waals surface area contributed by atoms with Gasteiger partial charge < -0.3 is 14.5 Å². The standard InChI is InChI=1S/C24H28N3O3/c1-5-6-7-9-18-12-21-24(29)27(16-23(28)25-17(2)3)22(15-26(21)14-18)19-10-8-11-20(13-19)30-4/h7-15,17H,1,5-6,16H2,2-4H3,(H,25,28)/b9-7-. The molecule has 1 radical (unpaired) electrons. The molecule has 6 heteroatoms. The first-order valence-electron chi connectivity index (χ1n) is 10.1. The molecule has 0 aliphatic rings. The number of hydrogen-bond donors (Lipinski definition) is 1. The summed E-state index contributed by atoms with van der Waals surface area (Å²) in [4.78, 5) is 25.8. The van der Waals surface area contributed by atoms with Crippen LogP contribution in [0.5, 0.6) is 5.75 Å². The summed E-state index contributed by atoms with van der Waals surface area (Å²) in [6.07, 6.45) is 9.52. The minimum atomic E-state index is -0.217. The lowest BCUT2D eigenvalue weighted by Crippen LogP contribution is -2.36. The SMILES string of the molecule is [CH2]CC/C=C\c1cc2c(=O)n(CC(=O)NC(C)C)c(-c3cccc(OC)c3)cn2c1. The Hall–Kier alpha value is -3.28. The first-order chi connectivity index (χ1) is 14.4. The summed E-state index contributed by atoms with van der Waals surface area (Å²) >= 11 is 0. The van der Waals surface area contributed by atoms with Crippen LogP contribution < -0.4 is 15.6 Å². The van der Waals surface area contributed by atoms with Crippen LogP contribution in [0.1, 0.15) is 32.3 Å². The van der Waals surface area contributed by atoms with Crippen LogP contribution in [0.25, 0.3) is 22.9 Å². The fourth-order valence-corrected chi connectivity index (χ4v) is 3.34. The van der Waals surface area contributed by atoms with Gasteiger partial charge in [0.25, 0.3) is 5.56 Å². The van der Waals surface area contributed by atoms with Crippen molar-refractivity contribution in [1.82, 2.24) is 14.3 Å². The van der Waals surface area contributed by atoms with Crippen molar-refractivity contribution in [3.8, 4) is 17.0 Å². The molecule has 0 atom stereocenters. The van der Waals surface area contributed by atoms with E-state index >= 15 is 0 Å². The molecule has 0 saturated heterocycles. The number of unbranched alkanes of at least 4 members (excludes halogenated alkanes) is 1. The maximum atomic E-state index is 13.3. The Bertz CT molecular complexity index is 1120. The van der Waals surface area contributed by atoms with Crippen LogP contribution in [0, 0.1) is 6.92 Å². The van der Waals surface area contributed by atoms with Crippen molar-refractivity contribution in [3.63, 3.8) is 0 Å². The normalized spacial score (nSPS) is 11.5. The van der Waals surface area contributed by atoms with Crippen molar-refractivity contribution in [2.75, 3.05) is 7.11 Å². The molecule has 0 fully saturated rings. The van der Waals surface area contributed by atoms with Gasteiger partial charge in [-0.15, -0.1) is 0 Å². The van der Waals surface area contributed by atoms with Crippen LogP contribution in [0.4, 0.5) is 0 Å². The van der Waals surface area contributed by atoms with Gasteiger partial charge in [0.15, 0.2) is 0 Å². The van der Waals surface area contributed by atoms with Gasteiger partial charge in [0.1, 0.15) is 17.8 Å². The van der Waals surface area contributed by atoms with Crippen molar-refractivity contribution in [1.29, 1.82) is 0 Å². The molecular formula is C24H28N3O3. The highest BCUT2D eigenvalue weighted by molar-refractivity contribution is 5.77. The number of methoxy groups -OCH3 is 1. The van der Waals surface area contributed by atoms with Crippen molar-refractivity contribution < 1.29 is 9.53 Å². The summed E-state index contributed by atoms with van der Waals surface area (Å²) in [7, 11) is 1.60. The third-order valence-corrected chi connectivity index (χ3v) is 4.68. The number of carbonyl (C=O) groups excluding carboxylic acids is 1. The molecule has 6 nitrogen and oxygen atoms in total. The highest BCUT2D eigenvalue weighted by Crippen LogP contribution is 2.24. The number of aromatic nitrogens is 2. The lowest BCUT2D eigenvalue weighted by Gasteiger charge is -2.16. The van der Waals surface area contributed by atoms with Gasteiger partial charge in [0.2, 0.25) is 5.91 Å². The molecular weight excluding hydrogens is 378 g/mol. The van der Waals surface area contributed by atoms with E-state index in [1.807, 2.05) is 73.1 Å². The fraction of sp³-hybridized carbons (Fsp3) is 0.292. The van der Waals surface area contributed by atoms with Crippen molar-refractivity contribution in [2.45, 2.75) is 39.3 Å². The first kappa shape index (κ1) is 21.4. The second-order valence-corrected chi connectivity index (χ2v) is 7.47. The average molecular weight is 407 g/mol. The van der Waals surface area contributed by atoms with Crippen molar-refractivity contribution in [3.05, 3.63) is 71.6 Å². The Labute approximate surface area is 176 Å². The zero-order chi connectivity index (χ0) is 21.7. The molecule has 3 rings (SSSR count). The predicted octanol–water partition coefficient (Wildman–Crippen LogP) is 3.93. The van der Waals surface area contributed by atoms with E-state index in [4.69, 9.17) is 4.74 Å². The second-order valence-electron chi connectivity index (χ2n) is 7.47. The minimum absolute atomic E-state index is 0.00435. The van der Waals surface area contributed by atoms with E-state index in [1.165, 1.54) is 4.57 Å². The first-order valence-corrected chi connectivity index (χ1v) is 10.1. The molecule has 1 aromatic carbocycles. The van der Waals surface area contributed by atoms with Gasteiger partial charge in [0.05, 0.1) is 12.8 Å². The van der Waals surface area contributed by atoms with Gasteiger partial charge >= 0.3 is 0 Å². The van der Waals surface area contributed by atoms with Gasteiger partial charge in [0, 0.05) is 24.0 Å². The number of hydrogen-bond acceptors (Lipinski definition) is 3. The third kappa shape index (κ3) is 4.82. The Morgan fingerprint density at radius 3 is 2.77 bits per heavy atom. The highest BCUT2D eigenvalue weighted by atomic mass is 16.5. The van der Waals surface area contributed by atoms with Crippen molar-refractivity contribution in [2.24, 2.45) is 0 Å². The summed E-state index contributed by atoms with van der Waals surface area (Å²) < 4.78 is 8.68. The Morgan fingerprint density at radius 2 is 2.07 bits per heavy atom. The van der Waals surface area contributed by atoms with Gasteiger partial charge in [-0.2, -0.15) is 0 Å². The van der Waals surface area contributed by atoms with Gasteiger partial charge in [-0.1, -0.05) is 31.2 Å². The minimum Gasteiger partial charge on any atom is -0.497 e. The molecule has 157 valence electrons. The van der Waals surface area contributed by atoms with Gasteiger partial charge in [-0.25, -0.2) is 0 Å². The largest absolute Gasteiger partial charge is 0.497 e. The Kier molecular flexibility index (Phi) is 6.77. The van der Waals surface area contributed by atoms with E-state index in [0.29, 0.717) is 17.0 Å². The third-order valence-electron chi connectivity index (χ3n) is 4.68. The smallest absolute Gasteiger partial charge is 0.275 e. The molecule has 0 unspecified atom stereocenters. The number of rotatable bonds is 8. The molecule has 2 aromatic heterocycles. The number of carbonyl (C=O) groups is 1. The Morgan fingerprint density at radius 1 is 1.27 bits per heavy atom. The molecule has 0 bridgehead atoms. The quantitative estimate of drug-likeness (QED) is 0.616. The van der Waals surface area contributed by atoms with Crippen LogP contribution in [0.15, 0.2) is 53.6 Å². The molecule has 0 aliphatic heterocycles. The van der Waals surface area contributed by atoms with Crippen LogP contribution in [0.3, 0.4) is 0 Å². The monoisotopic (exact) mass is 406 g/mol. The predicted molar refractivity (Wildman–Crippen MR) is 121 cm³/mol. The number of ether oxygens (including phenoxy) is 1. The lowest BCUT2D eigenvalue weighted by molar-refractivity contribution is -0.122. The molecule has 0 saturated carbocycles. The summed E-state index contributed by atoms with van der Waals surface area (Å²) in [5, 5.41) is 2.86. The number of nitrogens with zero attached hydrogens (tertiary/aromatic N) is 2. The highest BCUT2D eigenvalue weighted by Gasteiger charge is 2.16. The van der Waals surface area contributed by atoms with Crippen molar-refractivity contribution >= 4 is 17.5 Å². The second kappa shape index (κ2) is 9.48. The molecule has 2 heterocycles. The Balaban J connectivity index is 2.16. The van der Waals surface area contributed by atoms with E-state index < -0.39 is 0 Å². The van der Waals surface area contributed by atoms with Gasteiger partial charge in [-0.3, -0.25) is 14.2 Å². The summed E-state index contributed by atoms with van der Waals surface area (Å²) in [5.41, 5.74) is 2.68. The average Bonchev–Trinajstić information content (AvgIpc) is 3.13. The molecule has 1 amide bonds. The molecule has 30 heavy (non-hydrogen) atoms. The lowest BCUT2D eigenvalue weighted by atomic mass is 10.1.